The van der Waals surface area contributed by atoms with Crippen LogP contribution in [-0.4, -0.2) is 6.29 Å². The monoisotopic (exact) mass is 396 g/mol. The Kier molecular flexibility index (Phi) is 5.86. The number of ether oxygens (including phenoxy) is 2. The van der Waals surface area contributed by atoms with Gasteiger partial charge in [-0.15, -0.1) is 0 Å². The number of aldehydes is 1. The summed E-state index contributed by atoms with van der Waals surface area (Å²) >= 11 is 3.40. The first kappa shape index (κ1) is 17.2. The van der Waals surface area contributed by atoms with E-state index in [9.17, 15) is 4.79 Å². The Bertz CT molecular complexity index is 833. The number of halogens is 1. The number of hydrogen-bond acceptors (Lipinski definition) is 3. The molecule has 0 aliphatic rings. The normalized spacial score (nSPS) is 10.3. The van der Waals surface area contributed by atoms with Crippen LogP contribution in [0.3, 0.4) is 0 Å². The third kappa shape index (κ3) is 4.70. The quantitative estimate of drug-likeness (QED) is 0.500. The van der Waals surface area contributed by atoms with Gasteiger partial charge in [-0.3, -0.25) is 4.79 Å². The molecule has 4 heteroatoms. The molecule has 0 atom stereocenters. The fraction of sp³-hybridized carbons (Fsp3) is 0.0952. The zero-order valence-corrected chi connectivity index (χ0v) is 15.1. The van der Waals surface area contributed by atoms with Crippen LogP contribution in [0.5, 0.6) is 11.5 Å². The maximum Gasteiger partial charge on any atom is 0.162 e. The minimum Gasteiger partial charge on any atom is -0.485 e. The largest absolute Gasteiger partial charge is 0.485 e. The number of rotatable bonds is 7. The van der Waals surface area contributed by atoms with Gasteiger partial charge in [-0.1, -0.05) is 60.7 Å². The van der Waals surface area contributed by atoms with E-state index in [-0.39, 0.29) is 0 Å². The summed E-state index contributed by atoms with van der Waals surface area (Å²) in [6.07, 6.45) is 0.792. The van der Waals surface area contributed by atoms with Gasteiger partial charge in [0.05, 0.1) is 0 Å². The molecule has 0 heterocycles. The minimum absolute atomic E-state index is 0.405. The van der Waals surface area contributed by atoms with Crippen molar-refractivity contribution in [3.63, 3.8) is 0 Å². The van der Waals surface area contributed by atoms with E-state index in [2.05, 4.69) is 15.9 Å². The van der Waals surface area contributed by atoms with Crippen LogP contribution in [0.15, 0.2) is 77.3 Å². The van der Waals surface area contributed by atoms with Gasteiger partial charge in [-0.2, -0.15) is 0 Å². The summed E-state index contributed by atoms with van der Waals surface area (Å²) in [5.41, 5.74) is 2.63. The molecule has 0 aliphatic carbocycles. The summed E-state index contributed by atoms with van der Waals surface area (Å²) in [6, 6.07) is 23.2. The van der Waals surface area contributed by atoms with Crippen LogP contribution in [0.4, 0.5) is 0 Å². The third-order valence-corrected chi connectivity index (χ3v) is 4.35. The van der Waals surface area contributed by atoms with Crippen molar-refractivity contribution in [3.8, 4) is 11.5 Å². The summed E-state index contributed by atoms with van der Waals surface area (Å²) in [5, 5.41) is 0. The van der Waals surface area contributed by atoms with Crippen molar-refractivity contribution in [1.29, 1.82) is 0 Å². The van der Waals surface area contributed by atoms with E-state index in [1.165, 1.54) is 0 Å². The molecule has 3 aromatic rings. The lowest BCUT2D eigenvalue weighted by Gasteiger charge is -2.14. The van der Waals surface area contributed by atoms with Gasteiger partial charge in [0, 0.05) is 10.0 Å². The lowest BCUT2D eigenvalue weighted by molar-refractivity contribution is 0.112. The number of hydrogen-bond donors (Lipinski definition) is 0. The average Bonchev–Trinajstić information content (AvgIpc) is 2.67. The molecule has 0 fully saturated rings. The highest BCUT2D eigenvalue weighted by Crippen LogP contribution is 2.34. The van der Waals surface area contributed by atoms with Gasteiger partial charge in [0.15, 0.2) is 17.8 Å². The second-order valence-corrected chi connectivity index (χ2v) is 6.34. The molecule has 0 amide bonds. The Morgan fingerprint density at radius 3 is 1.72 bits per heavy atom. The zero-order valence-electron chi connectivity index (χ0n) is 13.5. The fourth-order valence-corrected chi connectivity index (χ4v) is 2.75. The predicted octanol–water partition coefficient (Wildman–Crippen LogP) is 5.42. The molecule has 126 valence electrons. The first-order valence-electron chi connectivity index (χ1n) is 7.88. The molecule has 3 nitrogen and oxygen atoms in total. The van der Waals surface area contributed by atoms with E-state index in [4.69, 9.17) is 9.47 Å². The van der Waals surface area contributed by atoms with Gasteiger partial charge in [0.1, 0.15) is 13.2 Å². The van der Waals surface area contributed by atoms with Crippen LogP contribution in [-0.2, 0) is 13.2 Å². The molecule has 0 saturated carbocycles. The standard InChI is InChI=1S/C21H17BrO3/c22-19-12-21(25-15-17-9-5-2-6-10-17)20(11-18(19)13-23)24-14-16-7-3-1-4-8-16/h1-13H,14-15H2. The van der Waals surface area contributed by atoms with Crippen molar-refractivity contribution in [3.05, 3.63) is 94.0 Å². The summed E-state index contributed by atoms with van der Waals surface area (Å²) < 4.78 is 12.5. The molecule has 25 heavy (non-hydrogen) atoms. The second-order valence-electron chi connectivity index (χ2n) is 5.49. The SMILES string of the molecule is O=Cc1cc(OCc2ccccc2)c(OCc2ccccc2)cc1Br. The van der Waals surface area contributed by atoms with Crippen LogP contribution in [0.2, 0.25) is 0 Å². The molecule has 0 N–H and O–H groups in total. The van der Waals surface area contributed by atoms with Crippen molar-refractivity contribution < 1.29 is 14.3 Å². The van der Waals surface area contributed by atoms with Crippen molar-refractivity contribution in [2.75, 3.05) is 0 Å². The smallest absolute Gasteiger partial charge is 0.162 e. The summed E-state index contributed by atoms with van der Waals surface area (Å²) in [6.45, 7) is 0.831. The van der Waals surface area contributed by atoms with Gasteiger partial charge in [-0.25, -0.2) is 0 Å². The predicted molar refractivity (Wildman–Crippen MR) is 101 cm³/mol. The maximum absolute atomic E-state index is 11.2. The summed E-state index contributed by atoms with van der Waals surface area (Å²) in [5.74, 6) is 1.14. The van der Waals surface area contributed by atoms with Crippen molar-refractivity contribution in [2.24, 2.45) is 0 Å². The van der Waals surface area contributed by atoms with Crippen molar-refractivity contribution >= 4 is 22.2 Å². The molecular formula is C21H17BrO3. The molecular weight excluding hydrogens is 380 g/mol. The first-order chi connectivity index (χ1) is 12.3. The van der Waals surface area contributed by atoms with E-state index in [0.29, 0.717) is 34.7 Å². The zero-order chi connectivity index (χ0) is 17.5. The van der Waals surface area contributed by atoms with Crippen LogP contribution in [0.1, 0.15) is 21.5 Å². The number of carbonyl (C=O) groups excluding carboxylic acids is 1. The lowest BCUT2D eigenvalue weighted by Crippen LogP contribution is -2.01. The lowest BCUT2D eigenvalue weighted by atomic mass is 10.2. The first-order valence-corrected chi connectivity index (χ1v) is 8.68. The van der Waals surface area contributed by atoms with Crippen LogP contribution < -0.4 is 9.47 Å². The molecule has 0 spiro atoms. The highest BCUT2D eigenvalue weighted by Gasteiger charge is 2.11. The van der Waals surface area contributed by atoms with Gasteiger partial charge in [0.2, 0.25) is 0 Å². The molecule has 3 rings (SSSR count). The number of carbonyl (C=O) groups is 1. The van der Waals surface area contributed by atoms with E-state index in [0.717, 1.165) is 17.4 Å². The van der Waals surface area contributed by atoms with Crippen LogP contribution >= 0.6 is 15.9 Å². The Labute approximate surface area is 155 Å². The van der Waals surface area contributed by atoms with Crippen LogP contribution in [0.25, 0.3) is 0 Å². The maximum atomic E-state index is 11.2. The molecule has 0 saturated heterocycles. The second kappa shape index (κ2) is 8.49. The Morgan fingerprint density at radius 1 is 0.760 bits per heavy atom. The summed E-state index contributed by atoms with van der Waals surface area (Å²) in [4.78, 5) is 11.2. The number of benzene rings is 3. The topological polar surface area (TPSA) is 35.5 Å². The Hall–Kier alpha value is -2.59. The molecule has 3 aromatic carbocycles. The van der Waals surface area contributed by atoms with Gasteiger partial charge >= 0.3 is 0 Å². The van der Waals surface area contributed by atoms with Crippen molar-refractivity contribution in [2.45, 2.75) is 13.2 Å². The minimum atomic E-state index is 0.405. The molecule has 0 radical (unpaired) electrons. The van der Waals surface area contributed by atoms with Gasteiger partial charge < -0.3 is 9.47 Å². The molecule has 0 bridgehead atoms. The van der Waals surface area contributed by atoms with Gasteiger partial charge in [-0.05, 0) is 39.2 Å². The van der Waals surface area contributed by atoms with Gasteiger partial charge in [0.25, 0.3) is 0 Å². The van der Waals surface area contributed by atoms with Crippen molar-refractivity contribution in [1.82, 2.24) is 0 Å². The van der Waals surface area contributed by atoms with Crippen LogP contribution in [0, 0.1) is 0 Å². The van der Waals surface area contributed by atoms with E-state index >= 15 is 0 Å². The Morgan fingerprint density at radius 2 is 1.24 bits per heavy atom. The molecule has 0 aliphatic heterocycles. The van der Waals surface area contributed by atoms with E-state index in [1.807, 2.05) is 60.7 Å². The third-order valence-electron chi connectivity index (χ3n) is 3.66. The Balaban J connectivity index is 1.79. The van der Waals surface area contributed by atoms with E-state index < -0.39 is 0 Å². The molecule has 0 aromatic heterocycles. The average molecular weight is 397 g/mol. The molecule has 0 unspecified atom stereocenters. The summed E-state index contributed by atoms with van der Waals surface area (Å²) in [7, 11) is 0. The highest BCUT2D eigenvalue weighted by molar-refractivity contribution is 9.10. The fourth-order valence-electron chi connectivity index (χ4n) is 2.34. The van der Waals surface area contributed by atoms with E-state index in [1.54, 1.807) is 12.1 Å². The highest BCUT2D eigenvalue weighted by atomic mass is 79.9.